The van der Waals surface area contributed by atoms with Gasteiger partial charge in [-0.3, -0.25) is 4.79 Å². The quantitative estimate of drug-likeness (QED) is 0.270. The predicted octanol–water partition coefficient (Wildman–Crippen LogP) is 2.71. The van der Waals surface area contributed by atoms with Crippen LogP contribution < -0.4 is 10.6 Å². The maximum Gasteiger partial charge on any atom is 0.319 e. The van der Waals surface area contributed by atoms with E-state index in [0.717, 1.165) is 0 Å². The lowest BCUT2D eigenvalue weighted by molar-refractivity contribution is 0.101. The van der Waals surface area contributed by atoms with Crippen LogP contribution in [0.3, 0.4) is 0 Å². The van der Waals surface area contributed by atoms with Crippen LogP contribution in [-0.2, 0) is 0 Å². The van der Waals surface area contributed by atoms with Crippen LogP contribution in [0.15, 0.2) is 29.4 Å². The van der Waals surface area contributed by atoms with E-state index in [0.29, 0.717) is 30.8 Å². The molecule has 0 aromatic heterocycles. The Bertz CT molecular complexity index is 509. The normalized spacial score (nSPS) is 9.32. The number of hydrogen-bond donors (Lipinski definition) is 2. The van der Waals surface area contributed by atoms with Gasteiger partial charge in [-0.25, -0.2) is 4.79 Å². The van der Waals surface area contributed by atoms with Gasteiger partial charge in [0, 0.05) is 29.3 Å². The Labute approximate surface area is 110 Å². The summed E-state index contributed by atoms with van der Waals surface area (Å²) in [6, 6.07) is 6.34. The third-order valence-corrected chi connectivity index (χ3v) is 2.31. The molecule has 0 radical (unpaired) electrons. The number of ketones is 1. The van der Waals surface area contributed by atoms with Crippen molar-refractivity contribution in [3.05, 3.63) is 40.3 Å². The number of hydrogen-bond acceptors (Lipinski definition) is 3. The first-order valence-electron chi connectivity index (χ1n) is 5.80. The number of benzene rings is 1. The van der Waals surface area contributed by atoms with Crippen molar-refractivity contribution >= 4 is 17.5 Å². The molecule has 0 saturated carbocycles. The molecule has 0 aliphatic rings. The number of rotatable bonds is 6. The van der Waals surface area contributed by atoms with Gasteiger partial charge in [0.2, 0.25) is 0 Å². The molecule has 1 aromatic carbocycles. The third-order valence-electron chi connectivity index (χ3n) is 2.31. The van der Waals surface area contributed by atoms with Gasteiger partial charge in [0.25, 0.3) is 0 Å². The van der Waals surface area contributed by atoms with Gasteiger partial charge in [-0.1, -0.05) is 17.2 Å². The van der Waals surface area contributed by atoms with Crippen molar-refractivity contribution < 1.29 is 9.59 Å². The minimum atomic E-state index is -0.360. The minimum absolute atomic E-state index is 0.0570. The molecule has 0 fully saturated rings. The number of nitrogens with one attached hydrogen (secondary N) is 2. The fourth-order valence-corrected chi connectivity index (χ4v) is 1.39. The number of nitrogens with zero attached hydrogens (tertiary/aromatic N) is 3. The van der Waals surface area contributed by atoms with E-state index in [9.17, 15) is 9.59 Å². The van der Waals surface area contributed by atoms with Gasteiger partial charge in [-0.05, 0) is 31.0 Å². The van der Waals surface area contributed by atoms with Gasteiger partial charge in [-0.2, -0.15) is 0 Å². The Morgan fingerprint density at radius 2 is 2.21 bits per heavy atom. The first kappa shape index (κ1) is 14.5. The van der Waals surface area contributed by atoms with E-state index in [1.165, 1.54) is 6.92 Å². The van der Waals surface area contributed by atoms with Crippen LogP contribution in [0.2, 0.25) is 0 Å². The Morgan fingerprint density at radius 1 is 1.42 bits per heavy atom. The van der Waals surface area contributed by atoms with Crippen LogP contribution in [0, 0.1) is 0 Å². The first-order chi connectivity index (χ1) is 9.13. The number of anilines is 1. The second-order valence-corrected chi connectivity index (χ2v) is 3.83. The van der Waals surface area contributed by atoms with Crippen LogP contribution in [0.4, 0.5) is 10.5 Å². The van der Waals surface area contributed by atoms with Crippen LogP contribution in [-0.4, -0.2) is 24.9 Å². The van der Waals surface area contributed by atoms with Gasteiger partial charge >= 0.3 is 6.03 Å². The van der Waals surface area contributed by atoms with E-state index in [4.69, 9.17) is 5.53 Å². The number of carbonyl (C=O) groups is 2. The summed E-state index contributed by atoms with van der Waals surface area (Å²) in [6.07, 6.45) is 0.574. The second kappa shape index (κ2) is 7.73. The first-order valence-corrected chi connectivity index (χ1v) is 5.80. The molecule has 2 amide bonds. The highest BCUT2D eigenvalue weighted by Gasteiger charge is 2.03. The Kier molecular flexibility index (Phi) is 5.91. The molecule has 19 heavy (non-hydrogen) atoms. The van der Waals surface area contributed by atoms with Crippen LogP contribution >= 0.6 is 0 Å². The van der Waals surface area contributed by atoms with Crippen molar-refractivity contribution in [2.75, 3.05) is 18.4 Å². The second-order valence-electron chi connectivity index (χ2n) is 3.83. The van der Waals surface area contributed by atoms with Crippen molar-refractivity contribution in [3.63, 3.8) is 0 Å². The number of urea groups is 1. The highest BCUT2D eigenvalue weighted by molar-refractivity contribution is 5.96. The van der Waals surface area contributed by atoms with Gasteiger partial charge < -0.3 is 10.6 Å². The number of azide groups is 1. The SMILES string of the molecule is CC(=O)c1cccc(NC(=O)NCCCN=[N+]=[N-])c1. The average Bonchev–Trinajstić information content (AvgIpc) is 2.38. The van der Waals surface area contributed by atoms with E-state index in [1.807, 2.05) is 0 Å². The lowest BCUT2D eigenvalue weighted by Gasteiger charge is -2.07. The molecule has 0 spiro atoms. The molecule has 0 saturated heterocycles. The van der Waals surface area contributed by atoms with Gasteiger partial charge in [0.05, 0.1) is 0 Å². The average molecular weight is 261 g/mol. The summed E-state index contributed by atoms with van der Waals surface area (Å²) in [5.74, 6) is -0.0570. The lowest BCUT2D eigenvalue weighted by atomic mass is 10.1. The van der Waals surface area contributed by atoms with Crippen molar-refractivity contribution in [1.29, 1.82) is 0 Å². The predicted molar refractivity (Wildman–Crippen MR) is 72.1 cm³/mol. The summed E-state index contributed by atoms with van der Waals surface area (Å²) >= 11 is 0. The van der Waals surface area contributed by atoms with Gasteiger partial charge in [-0.15, -0.1) is 0 Å². The molecular weight excluding hydrogens is 246 g/mol. The molecular formula is C12H15N5O2. The van der Waals surface area contributed by atoms with Crippen molar-refractivity contribution in [3.8, 4) is 0 Å². The van der Waals surface area contributed by atoms with Crippen LogP contribution in [0.25, 0.3) is 10.4 Å². The Morgan fingerprint density at radius 3 is 2.89 bits per heavy atom. The largest absolute Gasteiger partial charge is 0.338 e. The maximum absolute atomic E-state index is 11.5. The zero-order valence-corrected chi connectivity index (χ0v) is 10.6. The molecule has 100 valence electrons. The standard InChI is InChI=1S/C12H15N5O2/c1-9(18)10-4-2-5-11(8-10)16-12(19)14-6-3-7-15-17-13/h2,4-5,8H,3,6-7H2,1H3,(H2,14,16,19). The van der Waals surface area contributed by atoms with E-state index in [2.05, 4.69) is 20.7 Å². The molecule has 0 heterocycles. The van der Waals surface area contributed by atoms with E-state index in [1.54, 1.807) is 24.3 Å². The van der Waals surface area contributed by atoms with Gasteiger partial charge in [0.15, 0.2) is 5.78 Å². The maximum atomic E-state index is 11.5. The zero-order chi connectivity index (χ0) is 14.1. The smallest absolute Gasteiger partial charge is 0.319 e. The zero-order valence-electron chi connectivity index (χ0n) is 10.6. The molecule has 1 rings (SSSR count). The molecule has 0 aliphatic heterocycles. The highest BCUT2D eigenvalue weighted by atomic mass is 16.2. The summed E-state index contributed by atoms with van der Waals surface area (Å²) in [4.78, 5) is 25.3. The molecule has 0 atom stereocenters. The van der Waals surface area contributed by atoms with E-state index in [-0.39, 0.29) is 11.8 Å². The summed E-state index contributed by atoms with van der Waals surface area (Å²) in [7, 11) is 0. The van der Waals surface area contributed by atoms with Crippen molar-refractivity contribution in [2.45, 2.75) is 13.3 Å². The summed E-state index contributed by atoms with van der Waals surface area (Å²) < 4.78 is 0. The monoisotopic (exact) mass is 261 g/mol. The fourth-order valence-electron chi connectivity index (χ4n) is 1.39. The molecule has 0 aliphatic carbocycles. The Hall–Kier alpha value is -2.53. The fraction of sp³-hybridized carbons (Fsp3) is 0.333. The molecule has 7 heteroatoms. The van der Waals surface area contributed by atoms with Crippen LogP contribution in [0.1, 0.15) is 23.7 Å². The molecule has 0 bridgehead atoms. The number of Topliss-reactive ketones (excluding diaryl/α,β-unsaturated/α-hetero) is 1. The lowest BCUT2D eigenvalue weighted by Crippen LogP contribution is -2.29. The van der Waals surface area contributed by atoms with Crippen LogP contribution in [0.5, 0.6) is 0 Å². The Balaban J connectivity index is 2.41. The molecule has 1 aromatic rings. The third kappa shape index (κ3) is 5.56. The van der Waals surface area contributed by atoms with E-state index < -0.39 is 0 Å². The molecule has 0 unspecified atom stereocenters. The molecule has 2 N–H and O–H groups in total. The number of amides is 2. The minimum Gasteiger partial charge on any atom is -0.338 e. The summed E-state index contributed by atoms with van der Waals surface area (Å²) in [5.41, 5.74) is 9.17. The van der Waals surface area contributed by atoms with E-state index >= 15 is 0 Å². The highest BCUT2D eigenvalue weighted by Crippen LogP contribution is 2.10. The summed E-state index contributed by atoms with van der Waals surface area (Å²) in [6.45, 7) is 2.22. The van der Waals surface area contributed by atoms with Crippen molar-refractivity contribution in [2.24, 2.45) is 5.11 Å². The number of carbonyl (C=O) groups excluding carboxylic acids is 2. The molecule has 7 nitrogen and oxygen atoms in total. The van der Waals surface area contributed by atoms with Gasteiger partial charge in [0.1, 0.15) is 0 Å². The van der Waals surface area contributed by atoms with Crippen molar-refractivity contribution in [1.82, 2.24) is 5.32 Å². The topological polar surface area (TPSA) is 107 Å². The summed E-state index contributed by atoms with van der Waals surface area (Å²) in [5, 5.41) is 8.60.